The third-order valence-electron chi connectivity index (χ3n) is 3.26. The van der Waals surface area contributed by atoms with E-state index in [9.17, 15) is 13.6 Å². The third kappa shape index (κ3) is 3.10. The van der Waals surface area contributed by atoms with Gasteiger partial charge >= 0.3 is 0 Å². The number of alkyl halides is 1. The van der Waals surface area contributed by atoms with Crippen LogP contribution in [0.25, 0.3) is 0 Å². The number of carbonyl (C=O) groups is 1. The van der Waals surface area contributed by atoms with E-state index in [4.69, 9.17) is 16.3 Å². The van der Waals surface area contributed by atoms with Gasteiger partial charge < -0.3 is 9.64 Å². The van der Waals surface area contributed by atoms with Gasteiger partial charge in [-0.15, -0.1) is 11.6 Å². The van der Waals surface area contributed by atoms with Crippen molar-refractivity contribution in [3.05, 3.63) is 34.9 Å². The van der Waals surface area contributed by atoms with Gasteiger partial charge in [-0.3, -0.25) is 4.79 Å². The Hall–Kier alpha value is -1.20. The van der Waals surface area contributed by atoms with Gasteiger partial charge in [0.25, 0.3) is 5.91 Å². The first-order valence-corrected chi connectivity index (χ1v) is 6.92. The molecule has 1 aromatic carbocycles. The fourth-order valence-electron chi connectivity index (χ4n) is 2.29. The number of carbonyl (C=O) groups excluding carboxylic acids is 1. The van der Waals surface area contributed by atoms with E-state index in [0.29, 0.717) is 13.1 Å². The van der Waals surface area contributed by atoms with Crippen LogP contribution in [-0.2, 0) is 4.74 Å². The molecule has 110 valence electrons. The van der Waals surface area contributed by atoms with E-state index in [1.807, 2.05) is 6.92 Å². The molecule has 0 aliphatic carbocycles. The summed E-state index contributed by atoms with van der Waals surface area (Å²) < 4.78 is 32.6. The van der Waals surface area contributed by atoms with Gasteiger partial charge in [-0.1, -0.05) is 0 Å². The number of halogens is 3. The summed E-state index contributed by atoms with van der Waals surface area (Å²) in [4.78, 5) is 13.9. The van der Waals surface area contributed by atoms with Crippen LogP contribution in [-0.4, -0.2) is 42.0 Å². The Balaban J connectivity index is 2.24. The minimum Gasteiger partial charge on any atom is -0.370 e. The van der Waals surface area contributed by atoms with Crippen molar-refractivity contribution >= 4 is 17.5 Å². The van der Waals surface area contributed by atoms with Crippen LogP contribution < -0.4 is 0 Å². The lowest BCUT2D eigenvalue weighted by molar-refractivity contribution is -0.0571. The highest BCUT2D eigenvalue weighted by Gasteiger charge is 2.30. The minimum absolute atomic E-state index is 0.119. The molecule has 0 radical (unpaired) electrons. The van der Waals surface area contributed by atoms with Gasteiger partial charge in [0.1, 0.15) is 11.6 Å². The third-order valence-corrected chi connectivity index (χ3v) is 3.61. The van der Waals surface area contributed by atoms with Crippen LogP contribution in [0.2, 0.25) is 0 Å². The summed E-state index contributed by atoms with van der Waals surface area (Å²) >= 11 is 5.75. The second-order valence-corrected chi connectivity index (χ2v) is 5.32. The van der Waals surface area contributed by atoms with Crippen molar-refractivity contribution in [1.29, 1.82) is 0 Å². The Kier molecular flexibility index (Phi) is 4.60. The molecule has 2 rings (SSSR count). The average molecular weight is 304 g/mol. The number of hydrogen-bond acceptors (Lipinski definition) is 2. The summed E-state index contributed by atoms with van der Waals surface area (Å²) in [6.07, 6.45) is -0.435. The Morgan fingerprint density at radius 3 is 2.75 bits per heavy atom. The van der Waals surface area contributed by atoms with Crippen LogP contribution in [0.1, 0.15) is 22.8 Å². The summed E-state index contributed by atoms with van der Waals surface area (Å²) in [5.41, 5.74) is 0.122. The van der Waals surface area contributed by atoms with E-state index < -0.39 is 17.5 Å². The Morgan fingerprint density at radius 2 is 2.10 bits per heavy atom. The van der Waals surface area contributed by atoms with Gasteiger partial charge in [0.05, 0.1) is 23.7 Å². The number of nitrogens with zero attached hydrogens (tertiary/aromatic N) is 1. The Bertz CT molecular complexity index is 524. The van der Waals surface area contributed by atoms with Crippen LogP contribution in [0, 0.1) is 18.6 Å². The van der Waals surface area contributed by atoms with Crippen LogP contribution in [0.5, 0.6) is 0 Å². The van der Waals surface area contributed by atoms with Gasteiger partial charge in [0, 0.05) is 19.2 Å². The number of amides is 1. The predicted molar refractivity (Wildman–Crippen MR) is 72.1 cm³/mol. The lowest BCUT2D eigenvalue weighted by Crippen LogP contribution is -2.50. The largest absolute Gasteiger partial charge is 0.370 e. The van der Waals surface area contributed by atoms with E-state index in [0.717, 1.165) is 6.07 Å². The molecule has 2 unspecified atom stereocenters. The zero-order valence-corrected chi connectivity index (χ0v) is 12.1. The molecular formula is C14H16ClF2NO2. The Morgan fingerprint density at radius 1 is 1.40 bits per heavy atom. The predicted octanol–water partition coefficient (Wildman–Crippen LogP) is 2.74. The summed E-state index contributed by atoms with van der Waals surface area (Å²) in [6.45, 7) is 3.99. The molecule has 1 fully saturated rings. The topological polar surface area (TPSA) is 29.5 Å². The highest BCUT2D eigenvalue weighted by atomic mass is 35.5. The minimum atomic E-state index is -0.848. The molecule has 6 heteroatoms. The molecule has 2 atom stereocenters. The second-order valence-electron chi connectivity index (χ2n) is 5.01. The standard InChI is InChI=1S/C14H16ClF2NO2/c1-8-3-11(13(17)4-12(8)16)14(19)18-6-9(2)20-10(5-15)7-18/h3-4,9-10H,5-7H2,1-2H3. The summed E-state index contributed by atoms with van der Waals surface area (Å²) in [5, 5.41) is 0. The molecule has 20 heavy (non-hydrogen) atoms. The molecule has 0 bridgehead atoms. The molecule has 1 amide bonds. The molecular weight excluding hydrogens is 288 g/mol. The van der Waals surface area contributed by atoms with Crippen molar-refractivity contribution in [2.24, 2.45) is 0 Å². The van der Waals surface area contributed by atoms with Crippen molar-refractivity contribution < 1.29 is 18.3 Å². The molecule has 1 heterocycles. The molecule has 1 saturated heterocycles. The first kappa shape index (κ1) is 15.2. The summed E-state index contributed by atoms with van der Waals surface area (Å²) in [6, 6.07) is 1.98. The van der Waals surface area contributed by atoms with Gasteiger partial charge in [-0.2, -0.15) is 0 Å². The van der Waals surface area contributed by atoms with Gasteiger partial charge in [0.15, 0.2) is 0 Å². The van der Waals surface area contributed by atoms with Crippen LogP contribution >= 0.6 is 11.6 Å². The maximum absolute atomic E-state index is 13.8. The van der Waals surface area contributed by atoms with Crippen LogP contribution in [0.3, 0.4) is 0 Å². The quantitative estimate of drug-likeness (QED) is 0.786. The molecule has 1 aromatic rings. The lowest BCUT2D eigenvalue weighted by Gasteiger charge is -2.36. The average Bonchev–Trinajstić information content (AvgIpc) is 2.41. The monoisotopic (exact) mass is 303 g/mol. The lowest BCUT2D eigenvalue weighted by atomic mass is 10.1. The van der Waals surface area contributed by atoms with Gasteiger partial charge in [-0.05, 0) is 25.5 Å². The van der Waals surface area contributed by atoms with Crippen LogP contribution in [0.4, 0.5) is 8.78 Å². The maximum atomic E-state index is 13.8. The highest BCUT2D eigenvalue weighted by Crippen LogP contribution is 2.19. The molecule has 0 aromatic heterocycles. The Labute approximate surface area is 121 Å². The molecule has 3 nitrogen and oxygen atoms in total. The van der Waals surface area contributed by atoms with Crippen molar-refractivity contribution in [3.8, 4) is 0 Å². The van der Waals surface area contributed by atoms with Crippen molar-refractivity contribution in [2.45, 2.75) is 26.1 Å². The second kappa shape index (κ2) is 6.06. The van der Waals surface area contributed by atoms with E-state index in [1.54, 1.807) is 0 Å². The first-order valence-electron chi connectivity index (χ1n) is 6.38. The van der Waals surface area contributed by atoms with E-state index >= 15 is 0 Å². The number of hydrogen-bond donors (Lipinski definition) is 0. The van der Waals surface area contributed by atoms with E-state index in [2.05, 4.69) is 0 Å². The van der Waals surface area contributed by atoms with E-state index in [-0.39, 0.29) is 29.2 Å². The maximum Gasteiger partial charge on any atom is 0.257 e. The van der Waals surface area contributed by atoms with E-state index in [1.165, 1.54) is 17.9 Å². The molecule has 0 N–H and O–H groups in total. The fourth-order valence-corrected chi connectivity index (χ4v) is 2.46. The SMILES string of the molecule is Cc1cc(C(=O)N2CC(C)OC(CCl)C2)c(F)cc1F. The number of ether oxygens (including phenoxy) is 1. The smallest absolute Gasteiger partial charge is 0.257 e. The fraction of sp³-hybridized carbons (Fsp3) is 0.500. The summed E-state index contributed by atoms with van der Waals surface area (Å²) in [5.74, 6) is -1.71. The van der Waals surface area contributed by atoms with Gasteiger partial charge in [0.2, 0.25) is 0 Å². The number of aryl methyl sites for hydroxylation is 1. The molecule has 0 spiro atoms. The van der Waals surface area contributed by atoms with Gasteiger partial charge in [-0.25, -0.2) is 8.78 Å². The van der Waals surface area contributed by atoms with Crippen molar-refractivity contribution in [2.75, 3.05) is 19.0 Å². The number of morpholine rings is 1. The molecule has 0 saturated carbocycles. The van der Waals surface area contributed by atoms with Crippen LogP contribution in [0.15, 0.2) is 12.1 Å². The normalized spacial score (nSPS) is 22.9. The zero-order chi connectivity index (χ0) is 14.9. The number of rotatable bonds is 2. The zero-order valence-electron chi connectivity index (χ0n) is 11.3. The van der Waals surface area contributed by atoms with Crippen molar-refractivity contribution in [1.82, 2.24) is 4.90 Å². The first-order chi connectivity index (χ1) is 9.42. The highest BCUT2D eigenvalue weighted by molar-refractivity contribution is 6.18. The summed E-state index contributed by atoms with van der Waals surface area (Å²) in [7, 11) is 0. The molecule has 1 aliphatic rings. The van der Waals surface area contributed by atoms with Crippen molar-refractivity contribution in [3.63, 3.8) is 0 Å². The number of benzene rings is 1. The molecule has 1 aliphatic heterocycles.